The lowest BCUT2D eigenvalue weighted by Gasteiger charge is -1.96. The number of hydrogen-bond acceptors (Lipinski definition) is 5. The minimum Gasteiger partial charge on any atom is -0.463 e. The van der Waals surface area contributed by atoms with Crippen LogP contribution in [0.5, 0.6) is 0 Å². The first-order valence-corrected chi connectivity index (χ1v) is 7.58. The molecule has 3 aromatic heterocycles. The quantitative estimate of drug-likeness (QED) is 0.441. The summed E-state index contributed by atoms with van der Waals surface area (Å²) in [5.74, 6) is 1.16. The molecule has 4 aromatic rings. The van der Waals surface area contributed by atoms with Gasteiger partial charge in [-0.2, -0.15) is 20.0 Å². The summed E-state index contributed by atoms with van der Waals surface area (Å²) in [5, 5.41) is 18.6. The van der Waals surface area contributed by atoms with Crippen molar-refractivity contribution in [3.8, 4) is 22.8 Å². The molecule has 3 heterocycles. The molecule has 0 amide bonds. The normalized spacial score (nSPS) is 11.3. The molecule has 0 unspecified atom stereocenters. The van der Waals surface area contributed by atoms with Crippen molar-refractivity contribution in [2.24, 2.45) is 5.10 Å². The van der Waals surface area contributed by atoms with Gasteiger partial charge in [0, 0.05) is 5.56 Å². The highest BCUT2D eigenvalue weighted by Crippen LogP contribution is 2.22. The van der Waals surface area contributed by atoms with Crippen molar-refractivity contribution < 1.29 is 4.42 Å². The van der Waals surface area contributed by atoms with Crippen LogP contribution in [0.15, 0.2) is 64.3 Å². The standard InChI is InChI=1S/C16H12N6OS/c24-16-21-20-15(22(16)17-10-12-7-4-8-23-12)14-9-13(18-19-14)11-5-2-1-3-6-11/h1-10H,(H,18,19)(H,21,24)/b17-10+. The summed E-state index contributed by atoms with van der Waals surface area (Å²) in [4.78, 5) is 0. The predicted octanol–water partition coefficient (Wildman–Crippen LogP) is 3.47. The fraction of sp³-hybridized carbons (Fsp3) is 0. The first kappa shape index (κ1) is 14.3. The lowest BCUT2D eigenvalue weighted by molar-refractivity contribution is 0.559. The molecule has 7 nitrogen and oxygen atoms in total. The molecular weight excluding hydrogens is 324 g/mol. The Kier molecular flexibility index (Phi) is 3.64. The zero-order chi connectivity index (χ0) is 16.4. The van der Waals surface area contributed by atoms with Crippen LogP contribution in [0.4, 0.5) is 0 Å². The molecule has 0 aliphatic heterocycles. The topological polar surface area (TPSA) is 87.8 Å². The second kappa shape index (κ2) is 6.09. The van der Waals surface area contributed by atoms with Crippen molar-refractivity contribution in [3.63, 3.8) is 0 Å². The van der Waals surface area contributed by atoms with Gasteiger partial charge in [-0.05, 0) is 30.4 Å². The molecule has 0 saturated heterocycles. The SMILES string of the molecule is S=c1[nH]nc(-c2cc(-c3ccccc3)n[nH]2)n1/N=C/c1ccco1. The number of aromatic amines is 2. The number of aromatic nitrogens is 5. The molecule has 0 bridgehead atoms. The van der Waals surface area contributed by atoms with E-state index in [1.807, 2.05) is 36.4 Å². The van der Waals surface area contributed by atoms with E-state index in [1.165, 1.54) is 4.68 Å². The molecule has 1 aromatic carbocycles. The molecule has 0 atom stereocenters. The van der Waals surface area contributed by atoms with Crippen LogP contribution in [0.25, 0.3) is 22.8 Å². The summed E-state index contributed by atoms with van der Waals surface area (Å²) >= 11 is 5.23. The summed E-state index contributed by atoms with van der Waals surface area (Å²) in [5.41, 5.74) is 2.54. The monoisotopic (exact) mass is 336 g/mol. The second-order valence-electron chi connectivity index (χ2n) is 4.96. The minimum absolute atomic E-state index is 0.378. The molecule has 24 heavy (non-hydrogen) atoms. The molecule has 0 aliphatic rings. The first-order chi connectivity index (χ1) is 11.8. The van der Waals surface area contributed by atoms with E-state index < -0.39 is 0 Å². The Morgan fingerprint density at radius 1 is 1.08 bits per heavy atom. The molecule has 0 saturated carbocycles. The molecule has 0 radical (unpaired) electrons. The van der Waals surface area contributed by atoms with Gasteiger partial charge in [0.2, 0.25) is 10.6 Å². The van der Waals surface area contributed by atoms with Crippen LogP contribution in [0.1, 0.15) is 5.76 Å². The van der Waals surface area contributed by atoms with Gasteiger partial charge in [-0.15, -0.1) is 0 Å². The number of benzene rings is 1. The maximum atomic E-state index is 5.23. The zero-order valence-corrected chi connectivity index (χ0v) is 13.2. The van der Waals surface area contributed by atoms with E-state index in [-0.39, 0.29) is 0 Å². The summed E-state index contributed by atoms with van der Waals surface area (Å²) in [6.07, 6.45) is 3.15. The van der Waals surface area contributed by atoms with Crippen LogP contribution in [-0.2, 0) is 0 Å². The highest BCUT2D eigenvalue weighted by molar-refractivity contribution is 7.71. The average Bonchev–Trinajstić information content (AvgIpc) is 3.35. The molecular formula is C16H12N6OS. The Morgan fingerprint density at radius 3 is 2.75 bits per heavy atom. The van der Waals surface area contributed by atoms with E-state index >= 15 is 0 Å². The highest BCUT2D eigenvalue weighted by Gasteiger charge is 2.12. The molecule has 0 fully saturated rings. The number of hydrogen-bond donors (Lipinski definition) is 2. The molecule has 2 N–H and O–H groups in total. The predicted molar refractivity (Wildman–Crippen MR) is 92.1 cm³/mol. The minimum atomic E-state index is 0.378. The third kappa shape index (κ3) is 2.70. The summed E-state index contributed by atoms with van der Waals surface area (Å²) < 4.78 is 7.12. The van der Waals surface area contributed by atoms with Crippen molar-refractivity contribution in [2.45, 2.75) is 0 Å². The first-order valence-electron chi connectivity index (χ1n) is 7.18. The van der Waals surface area contributed by atoms with E-state index in [0.29, 0.717) is 22.0 Å². The Hall–Kier alpha value is -3.26. The molecule has 0 spiro atoms. The lowest BCUT2D eigenvalue weighted by Crippen LogP contribution is -1.94. The van der Waals surface area contributed by atoms with Crippen molar-refractivity contribution in [1.29, 1.82) is 0 Å². The third-order valence-electron chi connectivity index (χ3n) is 3.38. The van der Waals surface area contributed by atoms with Crippen molar-refractivity contribution in [3.05, 3.63) is 65.3 Å². The number of nitrogens with one attached hydrogen (secondary N) is 2. The van der Waals surface area contributed by atoms with Gasteiger partial charge in [0.25, 0.3) is 0 Å². The van der Waals surface area contributed by atoms with E-state index in [0.717, 1.165) is 11.3 Å². The number of furan rings is 1. The average molecular weight is 336 g/mol. The molecule has 8 heteroatoms. The third-order valence-corrected chi connectivity index (χ3v) is 3.65. The Labute approximate surface area is 141 Å². The second-order valence-corrected chi connectivity index (χ2v) is 5.34. The van der Waals surface area contributed by atoms with E-state index in [2.05, 4.69) is 25.5 Å². The number of rotatable bonds is 4. The van der Waals surface area contributed by atoms with Crippen molar-refractivity contribution in [1.82, 2.24) is 25.1 Å². The van der Waals surface area contributed by atoms with Gasteiger partial charge in [-0.25, -0.2) is 5.10 Å². The smallest absolute Gasteiger partial charge is 0.216 e. The van der Waals surface area contributed by atoms with Crippen LogP contribution < -0.4 is 0 Å². The van der Waals surface area contributed by atoms with Gasteiger partial charge in [0.05, 0.1) is 18.2 Å². The molecule has 0 aliphatic carbocycles. The maximum Gasteiger partial charge on any atom is 0.216 e. The molecule has 4 rings (SSSR count). The summed E-state index contributed by atoms with van der Waals surface area (Å²) in [6, 6.07) is 15.4. The van der Waals surface area contributed by atoms with Crippen LogP contribution in [0.2, 0.25) is 0 Å². The van der Waals surface area contributed by atoms with Gasteiger partial charge in [0.15, 0.2) is 0 Å². The fourth-order valence-corrected chi connectivity index (χ4v) is 2.42. The van der Waals surface area contributed by atoms with Crippen LogP contribution >= 0.6 is 12.2 Å². The van der Waals surface area contributed by atoms with Crippen LogP contribution in [0.3, 0.4) is 0 Å². The van der Waals surface area contributed by atoms with Gasteiger partial charge in [0.1, 0.15) is 11.5 Å². The Morgan fingerprint density at radius 2 is 1.96 bits per heavy atom. The van der Waals surface area contributed by atoms with Crippen molar-refractivity contribution in [2.75, 3.05) is 0 Å². The highest BCUT2D eigenvalue weighted by atomic mass is 32.1. The van der Waals surface area contributed by atoms with Crippen molar-refractivity contribution >= 4 is 18.4 Å². The summed E-state index contributed by atoms with van der Waals surface area (Å²) in [7, 11) is 0. The number of nitrogens with zero attached hydrogens (tertiary/aromatic N) is 4. The lowest BCUT2D eigenvalue weighted by atomic mass is 10.1. The van der Waals surface area contributed by atoms with Gasteiger partial charge < -0.3 is 4.42 Å². The van der Waals surface area contributed by atoms with Crippen LogP contribution in [-0.4, -0.2) is 31.3 Å². The Bertz CT molecular complexity index is 1030. The van der Waals surface area contributed by atoms with Gasteiger partial charge >= 0.3 is 0 Å². The van der Waals surface area contributed by atoms with Gasteiger partial charge in [-0.1, -0.05) is 30.3 Å². The zero-order valence-electron chi connectivity index (χ0n) is 12.4. The fourth-order valence-electron chi connectivity index (χ4n) is 2.25. The number of H-pyrrole nitrogens is 2. The van der Waals surface area contributed by atoms with E-state index in [1.54, 1.807) is 24.6 Å². The van der Waals surface area contributed by atoms with Gasteiger partial charge in [-0.3, -0.25) is 5.10 Å². The summed E-state index contributed by atoms with van der Waals surface area (Å²) in [6.45, 7) is 0. The van der Waals surface area contributed by atoms with Crippen LogP contribution in [0, 0.1) is 4.77 Å². The Balaban J connectivity index is 1.71. The molecule has 118 valence electrons. The maximum absolute atomic E-state index is 5.23. The largest absolute Gasteiger partial charge is 0.463 e. The van der Waals surface area contributed by atoms with E-state index in [9.17, 15) is 0 Å². The van der Waals surface area contributed by atoms with E-state index in [4.69, 9.17) is 16.6 Å².